The smallest absolute Gasteiger partial charge is 0.294 e. The van der Waals surface area contributed by atoms with E-state index in [1.54, 1.807) is 72.8 Å². The summed E-state index contributed by atoms with van der Waals surface area (Å²) in [5, 5.41) is 12.5. The van der Waals surface area contributed by atoms with E-state index in [-0.39, 0.29) is 11.3 Å². The van der Waals surface area contributed by atoms with Gasteiger partial charge < -0.3 is 9.52 Å². The Kier molecular flexibility index (Phi) is 5.00. The Morgan fingerprint density at radius 3 is 2.31 bits per heavy atom. The van der Waals surface area contributed by atoms with Crippen molar-refractivity contribution in [3.05, 3.63) is 112 Å². The first-order chi connectivity index (χ1) is 15.4. The average Bonchev–Trinajstić information content (AvgIpc) is 3.33. The largest absolute Gasteiger partial charge is 0.503 e. The second kappa shape index (κ2) is 7.86. The Labute approximate surface area is 193 Å². The fourth-order valence-electron chi connectivity index (χ4n) is 3.91. The van der Waals surface area contributed by atoms with Gasteiger partial charge in [-0.05, 0) is 54.1 Å². The predicted molar refractivity (Wildman–Crippen MR) is 123 cm³/mol. The van der Waals surface area contributed by atoms with Gasteiger partial charge in [0.25, 0.3) is 5.91 Å². The number of aliphatic hydroxyl groups is 1. The molecule has 0 saturated heterocycles. The van der Waals surface area contributed by atoms with Crippen LogP contribution in [0, 0.1) is 0 Å². The molecule has 3 aromatic carbocycles. The molecule has 0 aliphatic carbocycles. The molecule has 7 heteroatoms. The number of furan rings is 1. The van der Waals surface area contributed by atoms with Crippen molar-refractivity contribution in [2.45, 2.75) is 6.04 Å². The van der Waals surface area contributed by atoms with Gasteiger partial charge in [-0.3, -0.25) is 14.5 Å². The molecule has 2 heterocycles. The molecule has 4 aromatic rings. The lowest BCUT2D eigenvalue weighted by molar-refractivity contribution is -0.117. The molecular weight excluding hydrogens is 449 g/mol. The van der Waals surface area contributed by atoms with Crippen molar-refractivity contribution < 1.29 is 19.1 Å². The Hall–Kier alpha value is -3.54. The van der Waals surface area contributed by atoms with Crippen molar-refractivity contribution in [1.29, 1.82) is 0 Å². The maximum absolute atomic E-state index is 13.5. The molecule has 32 heavy (non-hydrogen) atoms. The van der Waals surface area contributed by atoms with E-state index in [0.29, 0.717) is 32.3 Å². The molecule has 5 nitrogen and oxygen atoms in total. The number of hydrogen-bond acceptors (Lipinski definition) is 4. The highest BCUT2D eigenvalue weighted by atomic mass is 35.5. The van der Waals surface area contributed by atoms with E-state index < -0.39 is 23.5 Å². The molecule has 0 bridgehead atoms. The van der Waals surface area contributed by atoms with Crippen LogP contribution in [0.15, 0.2) is 94.6 Å². The SMILES string of the molecule is O=C(C1=C(O)C(=O)N(c2ccccc2)C1c1ccc(Cl)cc1)c1cc2cc(Cl)ccc2o1. The molecule has 1 atom stereocenters. The maximum atomic E-state index is 13.5. The second-order valence-corrected chi connectivity index (χ2v) is 8.22. The lowest BCUT2D eigenvalue weighted by Gasteiger charge is -2.26. The van der Waals surface area contributed by atoms with Gasteiger partial charge in [-0.1, -0.05) is 53.5 Å². The monoisotopic (exact) mass is 463 g/mol. The molecule has 1 aromatic heterocycles. The summed E-state index contributed by atoms with van der Waals surface area (Å²) < 4.78 is 5.72. The number of anilines is 1. The molecule has 1 aliphatic heterocycles. The number of carbonyl (C=O) groups is 2. The van der Waals surface area contributed by atoms with E-state index in [1.807, 2.05) is 6.07 Å². The number of amides is 1. The van der Waals surface area contributed by atoms with Crippen LogP contribution in [0.4, 0.5) is 5.69 Å². The number of halogens is 2. The zero-order valence-corrected chi connectivity index (χ0v) is 18.0. The Bertz CT molecular complexity index is 1390. The highest BCUT2D eigenvalue weighted by molar-refractivity contribution is 6.31. The fourth-order valence-corrected chi connectivity index (χ4v) is 4.22. The van der Waals surface area contributed by atoms with E-state index in [1.165, 1.54) is 4.90 Å². The first-order valence-corrected chi connectivity index (χ1v) is 10.5. The molecule has 1 amide bonds. The molecule has 1 N–H and O–H groups in total. The quantitative estimate of drug-likeness (QED) is 0.349. The normalized spacial score (nSPS) is 16.2. The molecule has 1 aliphatic rings. The summed E-state index contributed by atoms with van der Waals surface area (Å²) >= 11 is 12.1. The van der Waals surface area contributed by atoms with Crippen LogP contribution in [0.1, 0.15) is 22.2 Å². The van der Waals surface area contributed by atoms with Gasteiger partial charge in [0.1, 0.15) is 5.58 Å². The van der Waals surface area contributed by atoms with Gasteiger partial charge in [-0.25, -0.2) is 0 Å². The summed E-state index contributed by atoms with van der Waals surface area (Å²) in [5.74, 6) is -1.86. The van der Waals surface area contributed by atoms with Crippen LogP contribution in [-0.4, -0.2) is 16.8 Å². The summed E-state index contributed by atoms with van der Waals surface area (Å²) in [5.41, 5.74) is 1.58. The molecular formula is C25H15Cl2NO4. The molecule has 0 fully saturated rings. The van der Waals surface area contributed by atoms with Gasteiger partial charge in [0, 0.05) is 21.1 Å². The first-order valence-electron chi connectivity index (χ1n) is 9.75. The van der Waals surface area contributed by atoms with Gasteiger partial charge in [-0.2, -0.15) is 0 Å². The van der Waals surface area contributed by atoms with Crippen molar-refractivity contribution in [2.24, 2.45) is 0 Å². The summed E-state index contributed by atoms with van der Waals surface area (Å²) in [6.45, 7) is 0. The number of rotatable bonds is 4. The Morgan fingerprint density at radius 1 is 0.906 bits per heavy atom. The third-order valence-electron chi connectivity index (χ3n) is 5.38. The van der Waals surface area contributed by atoms with E-state index in [9.17, 15) is 14.7 Å². The van der Waals surface area contributed by atoms with Crippen molar-refractivity contribution in [3.8, 4) is 0 Å². The summed E-state index contributed by atoms with van der Waals surface area (Å²) in [4.78, 5) is 28.0. The summed E-state index contributed by atoms with van der Waals surface area (Å²) in [6, 6.07) is 21.3. The Morgan fingerprint density at radius 2 is 1.59 bits per heavy atom. The topological polar surface area (TPSA) is 70.8 Å². The molecule has 5 rings (SSSR count). The Balaban J connectivity index is 1.66. The van der Waals surface area contributed by atoms with Crippen LogP contribution in [0.5, 0.6) is 0 Å². The van der Waals surface area contributed by atoms with E-state index in [4.69, 9.17) is 27.6 Å². The molecule has 1 unspecified atom stereocenters. The molecule has 158 valence electrons. The van der Waals surface area contributed by atoms with Crippen molar-refractivity contribution in [2.75, 3.05) is 4.90 Å². The minimum atomic E-state index is -0.855. The second-order valence-electron chi connectivity index (χ2n) is 7.35. The average molecular weight is 464 g/mol. The van der Waals surface area contributed by atoms with Gasteiger partial charge in [-0.15, -0.1) is 0 Å². The number of aliphatic hydroxyl groups excluding tert-OH is 1. The van der Waals surface area contributed by atoms with Gasteiger partial charge >= 0.3 is 0 Å². The number of hydrogen-bond donors (Lipinski definition) is 1. The number of benzene rings is 3. The van der Waals surface area contributed by atoms with Gasteiger partial charge in [0.15, 0.2) is 11.5 Å². The highest BCUT2D eigenvalue weighted by Gasteiger charge is 2.45. The molecule has 0 saturated carbocycles. The first kappa shape index (κ1) is 20.4. The number of fused-ring (bicyclic) bond motifs is 1. The zero-order valence-electron chi connectivity index (χ0n) is 16.5. The lowest BCUT2D eigenvalue weighted by atomic mass is 9.95. The number of carbonyl (C=O) groups excluding carboxylic acids is 2. The fraction of sp³-hybridized carbons (Fsp3) is 0.0400. The number of Topliss-reactive ketones (excluding diaryl/α,β-unsaturated/α-hetero) is 1. The van der Waals surface area contributed by atoms with Crippen LogP contribution < -0.4 is 4.90 Å². The summed E-state index contributed by atoms with van der Waals surface area (Å²) in [7, 11) is 0. The van der Waals surface area contributed by atoms with Crippen LogP contribution >= 0.6 is 23.2 Å². The van der Waals surface area contributed by atoms with Crippen LogP contribution in [0.2, 0.25) is 10.0 Å². The van der Waals surface area contributed by atoms with Gasteiger partial charge in [0.2, 0.25) is 5.78 Å². The van der Waals surface area contributed by atoms with E-state index in [2.05, 4.69) is 0 Å². The van der Waals surface area contributed by atoms with Crippen molar-refractivity contribution in [1.82, 2.24) is 0 Å². The van der Waals surface area contributed by atoms with Gasteiger partial charge in [0.05, 0.1) is 11.6 Å². The molecule has 0 spiro atoms. The predicted octanol–water partition coefficient (Wildman–Crippen LogP) is 6.52. The number of para-hydroxylation sites is 1. The maximum Gasteiger partial charge on any atom is 0.294 e. The lowest BCUT2D eigenvalue weighted by Crippen LogP contribution is -2.30. The van der Waals surface area contributed by atoms with Crippen LogP contribution in [0.3, 0.4) is 0 Å². The van der Waals surface area contributed by atoms with E-state index >= 15 is 0 Å². The standard InChI is InChI=1S/C25H15Cl2NO4/c26-16-8-6-14(7-9-16)22-21(24(30)25(31)28(22)18-4-2-1-3-5-18)23(29)20-13-15-12-17(27)10-11-19(15)32-20/h1-13,22,30H. The minimum Gasteiger partial charge on any atom is -0.503 e. The third kappa shape index (κ3) is 3.36. The van der Waals surface area contributed by atoms with Crippen LogP contribution in [0.25, 0.3) is 11.0 Å². The zero-order chi connectivity index (χ0) is 22.4. The highest BCUT2D eigenvalue weighted by Crippen LogP contribution is 2.42. The van der Waals surface area contributed by atoms with E-state index in [0.717, 1.165) is 0 Å². The minimum absolute atomic E-state index is 0.00509. The molecule has 0 radical (unpaired) electrons. The number of ketones is 1. The number of nitrogens with zero attached hydrogens (tertiary/aromatic N) is 1. The van der Waals surface area contributed by atoms with Crippen LogP contribution in [-0.2, 0) is 4.79 Å². The summed E-state index contributed by atoms with van der Waals surface area (Å²) in [6.07, 6.45) is 0. The van der Waals surface area contributed by atoms with Crippen molar-refractivity contribution >= 4 is 51.5 Å². The third-order valence-corrected chi connectivity index (χ3v) is 5.86. The van der Waals surface area contributed by atoms with Crippen molar-refractivity contribution in [3.63, 3.8) is 0 Å².